The molecule has 0 aliphatic carbocycles. The van der Waals surface area contributed by atoms with Crippen LogP contribution in [0, 0.1) is 0 Å². The van der Waals surface area contributed by atoms with Gasteiger partial charge in [-0.15, -0.1) is 0 Å². The van der Waals surface area contributed by atoms with E-state index in [0.717, 1.165) is 0 Å². The Kier molecular flexibility index (Phi) is 3.59. The molecule has 1 aliphatic rings. The molecule has 1 saturated heterocycles. The van der Waals surface area contributed by atoms with Crippen molar-refractivity contribution in [3.8, 4) is 11.5 Å². The predicted molar refractivity (Wildman–Crippen MR) is 69.5 cm³/mol. The van der Waals surface area contributed by atoms with Crippen LogP contribution < -0.4 is 0 Å². The molecular weight excluding hydrogens is 278 g/mol. The zero-order valence-corrected chi connectivity index (χ0v) is 11.1. The molecule has 0 bridgehead atoms. The van der Waals surface area contributed by atoms with Crippen LogP contribution in [0.25, 0.3) is 11.5 Å². The third kappa shape index (κ3) is 2.88. The number of furan rings is 1. The van der Waals surface area contributed by atoms with Gasteiger partial charge in [0.15, 0.2) is 5.76 Å². The zero-order chi connectivity index (χ0) is 14.7. The third-order valence-electron chi connectivity index (χ3n) is 3.01. The SMILES string of the molecule is O=C(OCCN1CCOC1=O)c1cc(-c2ccco2)n[nH]1. The van der Waals surface area contributed by atoms with E-state index < -0.39 is 5.97 Å². The van der Waals surface area contributed by atoms with Crippen molar-refractivity contribution in [2.24, 2.45) is 0 Å². The van der Waals surface area contributed by atoms with Gasteiger partial charge in [0, 0.05) is 6.07 Å². The molecule has 0 unspecified atom stereocenters. The Morgan fingerprint density at radius 3 is 3.14 bits per heavy atom. The highest BCUT2D eigenvalue weighted by atomic mass is 16.6. The average Bonchev–Trinajstić information content (AvgIpc) is 3.19. The molecule has 2 aromatic heterocycles. The summed E-state index contributed by atoms with van der Waals surface area (Å²) in [6, 6.07) is 5.02. The number of amides is 1. The fraction of sp³-hybridized carbons (Fsp3) is 0.308. The number of carbonyl (C=O) groups is 2. The van der Waals surface area contributed by atoms with E-state index in [1.807, 2.05) is 0 Å². The van der Waals surface area contributed by atoms with Crippen molar-refractivity contribution >= 4 is 12.1 Å². The number of hydrogen-bond donors (Lipinski definition) is 1. The molecule has 0 spiro atoms. The maximum atomic E-state index is 11.8. The van der Waals surface area contributed by atoms with Crippen molar-refractivity contribution in [3.05, 3.63) is 30.2 Å². The second kappa shape index (κ2) is 5.70. The number of nitrogens with zero attached hydrogens (tertiary/aromatic N) is 2. The van der Waals surface area contributed by atoms with Crippen molar-refractivity contribution in [1.29, 1.82) is 0 Å². The van der Waals surface area contributed by atoms with E-state index in [1.165, 1.54) is 11.2 Å². The molecule has 1 amide bonds. The van der Waals surface area contributed by atoms with Gasteiger partial charge in [0.1, 0.15) is 24.6 Å². The van der Waals surface area contributed by atoms with Crippen molar-refractivity contribution in [2.45, 2.75) is 0 Å². The third-order valence-corrected chi connectivity index (χ3v) is 3.01. The summed E-state index contributed by atoms with van der Waals surface area (Å²) in [6.45, 7) is 1.30. The summed E-state index contributed by atoms with van der Waals surface area (Å²) in [5.74, 6) is 0.0259. The lowest BCUT2D eigenvalue weighted by molar-refractivity contribution is 0.0470. The van der Waals surface area contributed by atoms with Crippen LogP contribution in [0.4, 0.5) is 4.79 Å². The first-order valence-electron chi connectivity index (χ1n) is 6.42. The van der Waals surface area contributed by atoms with Crippen LogP contribution in [0.2, 0.25) is 0 Å². The lowest BCUT2D eigenvalue weighted by Crippen LogP contribution is -2.29. The van der Waals surface area contributed by atoms with Gasteiger partial charge in [-0.2, -0.15) is 5.10 Å². The Balaban J connectivity index is 1.52. The van der Waals surface area contributed by atoms with E-state index in [9.17, 15) is 9.59 Å². The van der Waals surface area contributed by atoms with Crippen molar-refractivity contribution in [1.82, 2.24) is 15.1 Å². The molecule has 110 valence electrons. The predicted octanol–water partition coefficient (Wildman–Crippen LogP) is 1.28. The molecule has 8 nitrogen and oxygen atoms in total. The lowest BCUT2D eigenvalue weighted by Gasteiger charge is -2.11. The van der Waals surface area contributed by atoms with E-state index >= 15 is 0 Å². The Bertz CT molecular complexity index is 634. The number of aromatic nitrogens is 2. The molecule has 2 aromatic rings. The second-order valence-corrected chi connectivity index (χ2v) is 4.38. The number of hydrogen-bond acceptors (Lipinski definition) is 6. The van der Waals surface area contributed by atoms with Gasteiger partial charge in [-0.3, -0.25) is 5.10 Å². The lowest BCUT2D eigenvalue weighted by atomic mass is 10.3. The minimum atomic E-state index is -0.534. The quantitative estimate of drug-likeness (QED) is 0.833. The van der Waals surface area contributed by atoms with Gasteiger partial charge < -0.3 is 18.8 Å². The van der Waals surface area contributed by atoms with Gasteiger partial charge in [-0.25, -0.2) is 9.59 Å². The van der Waals surface area contributed by atoms with E-state index in [2.05, 4.69) is 10.2 Å². The standard InChI is InChI=1S/C13H13N3O5/c17-12(20-6-3-16-4-7-21-13(16)18)10-8-9(14-15-10)11-2-1-5-19-11/h1-2,5,8H,3-4,6-7H2,(H,14,15). The minimum absolute atomic E-state index is 0.100. The first-order chi connectivity index (χ1) is 10.2. The molecule has 1 fully saturated rings. The molecule has 0 atom stereocenters. The van der Waals surface area contributed by atoms with Gasteiger partial charge in [0.05, 0.1) is 19.4 Å². The van der Waals surface area contributed by atoms with Crippen LogP contribution in [0.15, 0.2) is 28.9 Å². The van der Waals surface area contributed by atoms with Gasteiger partial charge in [0.25, 0.3) is 0 Å². The highest BCUT2D eigenvalue weighted by molar-refractivity contribution is 5.88. The van der Waals surface area contributed by atoms with E-state index in [4.69, 9.17) is 13.9 Å². The summed E-state index contributed by atoms with van der Waals surface area (Å²) in [4.78, 5) is 24.5. The summed E-state index contributed by atoms with van der Waals surface area (Å²) in [5.41, 5.74) is 0.750. The van der Waals surface area contributed by atoms with Crippen LogP contribution in [-0.2, 0) is 9.47 Å². The molecule has 0 radical (unpaired) electrons. The summed E-state index contributed by atoms with van der Waals surface area (Å²) >= 11 is 0. The number of nitrogens with one attached hydrogen (secondary N) is 1. The van der Waals surface area contributed by atoms with Crippen molar-refractivity contribution in [3.63, 3.8) is 0 Å². The fourth-order valence-electron chi connectivity index (χ4n) is 1.93. The molecule has 8 heteroatoms. The van der Waals surface area contributed by atoms with Crippen LogP contribution in [0.3, 0.4) is 0 Å². The highest BCUT2D eigenvalue weighted by Gasteiger charge is 2.22. The monoisotopic (exact) mass is 291 g/mol. The second-order valence-electron chi connectivity index (χ2n) is 4.38. The number of aromatic amines is 1. The van der Waals surface area contributed by atoms with E-state index in [1.54, 1.807) is 18.2 Å². The molecule has 0 aromatic carbocycles. The van der Waals surface area contributed by atoms with Crippen LogP contribution in [0.1, 0.15) is 10.5 Å². The molecular formula is C13H13N3O5. The Hall–Kier alpha value is -2.77. The Labute approximate surface area is 119 Å². The van der Waals surface area contributed by atoms with E-state index in [0.29, 0.717) is 31.2 Å². The van der Waals surface area contributed by atoms with Gasteiger partial charge in [0.2, 0.25) is 0 Å². The maximum Gasteiger partial charge on any atom is 0.410 e. The Morgan fingerprint density at radius 1 is 1.52 bits per heavy atom. The molecule has 21 heavy (non-hydrogen) atoms. The summed E-state index contributed by atoms with van der Waals surface area (Å²) in [5, 5.41) is 6.56. The smallest absolute Gasteiger partial charge is 0.410 e. The molecule has 3 rings (SSSR count). The van der Waals surface area contributed by atoms with Gasteiger partial charge >= 0.3 is 12.1 Å². The first kappa shape index (κ1) is 13.2. The molecule has 1 aliphatic heterocycles. The molecule has 3 heterocycles. The number of ether oxygens (including phenoxy) is 2. The maximum absolute atomic E-state index is 11.8. The number of carbonyl (C=O) groups excluding carboxylic acids is 2. The number of cyclic esters (lactones) is 1. The van der Waals surface area contributed by atoms with E-state index in [-0.39, 0.29) is 18.4 Å². The Morgan fingerprint density at radius 2 is 2.43 bits per heavy atom. The van der Waals surface area contributed by atoms with Crippen molar-refractivity contribution in [2.75, 3.05) is 26.3 Å². The first-order valence-corrected chi connectivity index (χ1v) is 6.42. The average molecular weight is 291 g/mol. The van der Waals surface area contributed by atoms with Crippen LogP contribution in [-0.4, -0.2) is 53.5 Å². The minimum Gasteiger partial charge on any atom is -0.463 e. The molecule has 0 saturated carbocycles. The van der Waals surface area contributed by atoms with Gasteiger partial charge in [-0.1, -0.05) is 0 Å². The fourth-order valence-corrected chi connectivity index (χ4v) is 1.93. The van der Waals surface area contributed by atoms with Gasteiger partial charge in [-0.05, 0) is 12.1 Å². The van der Waals surface area contributed by atoms with Crippen molar-refractivity contribution < 1.29 is 23.5 Å². The molecule has 1 N–H and O–H groups in total. The highest BCUT2D eigenvalue weighted by Crippen LogP contribution is 2.18. The topological polar surface area (TPSA) is 97.7 Å². The summed E-state index contributed by atoms with van der Waals surface area (Å²) in [6.07, 6.45) is 1.14. The van der Waals surface area contributed by atoms with Crippen LogP contribution in [0.5, 0.6) is 0 Å². The number of esters is 1. The summed E-state index contributed by atoms with van der Waals surface area (Å²) in [7, 11) is 0. The van der Waals surface area contributed by atoms with Crippen LogP contribution >= 0.6 is 0 Å². The number of H-pyrrole nitrogens is 1. The summed E-state index contributed by atoms with van der Waals surface area (Å²) < 4.78 is 15.0. The largest absolute Gasteiger partial charge is 0.463 e. The normalized spacial score (nSPS) is 14.3. The zero-order valence-electron chi connectivity index (χ0n) is 11.1. The number of rotatable bonds is 5.